The first-order valence-corrected chi connectivity index (χ1v) is 10.8. The highest BCUT2D eigenvalue weighted by Crippen LogP contribution is 2.64. The summed E-state index contributed by atoms with van der Waals surface area (Å²) in [6.07, 6.45) is 7.66. The van der Waals surface area contributed by atoms with Crippen LogP contribution in [0.1, 0.15) is 36.5 Å². The molecule has 5 rings (SSSR count). The Morgan fingerprint density at radius 2 is 2.17 bits per heavy atom. The molecule has 8 heteroatoms. The van der Waals surface area contributed by atoms with Crippen molar-refractivity contribution in [3.63, 3.8) is 0 Å². The molecular formula is C22H28N4O4. The van der Waals surface area contributed by atoms with Crippen LogP contribution in [0, 0.1) is 17.3 Å². The number of piperidine rings is 1. The Bertz CT molecular complexity index is 954. The van der Waals surface area contributed by atoms with Gasteiger partial charge in [-0.2, -0.15) is 0 Å². The highest BCUT2D eigenvalue weighted by molar-refractivity contribution is 5.94. The summed E-state index contributed by atoms with van der Waals surface area (Å²) in [5, 5.41) is 3.03. The van der Waals surface area contributed by atoms with Crippen molar-refractivity contribution in [3.8, 4) is 0 Å². The van der Waals surface area contributed by atoms with Crippen LogP contribution in [0.5, 0.6) is 0 Å². The average Bonchev–Trinajstić information content (AvgIpc) is 3.12. The average molecular weight is 412 g/mol. The quantitative estimate of drug-likeness (QED) is 0.815. The molecular weight excluding hydrogens is 384 g/mol. The number of likely N-dealkylation sites (tertiary alicyclic amines) is 1. The molecule has 1 unspecified atom stereocenters. The predicted molar refractivity (Wildman–Crippen MR) is 109 cm³/mol. The van der Waals surface area contributed by atoms with Crippen molar-refractivity contribution in [2.45, 2.75) is 32.3 Å². The van der Waals surface area contributed by atoms with Crippen molar-refractivity contribution in [2.75, 3.05) is 32.8 Å². The monoisotopic (exact) mass is 412 g/mol. The van der Waals surface area contributed by atoms with Crippen LogP contribution < -0.4 is 5.32 Å². The number of hydrogen-bond donors (Lipinski definition) is 1. The molecule has 0 spiro atoms. The van der Waals surface area contributed by atoms with E-state index in [4.69, 9.17) is 9.47 Å². The zero-order valence-electron chi connectivity index (χ0n) is 17.3. The number of carbonyl (C=O) groups is 2. The van der Waals surface area contributed by atoms with E-state index in [0.717, 1.165) is 38.0 Å². The van der Waals surface area contributed by atoms with E-state index in [1.807, 2.05) is 21.6 Å². The number of amides is 2. The minimum atomic E-state index is -0.183. The molecule has 1 aliphatic carbocycles. The third-order valence-electron chi connectivity index (χ3n) is 7.11. The van der Waals surface area contributed by atoms with E-state index < -0.39 is 0 Å². The van der Waals surface area contributed by atoms with Gasteiger partial charge in [0, 0.05) is 51.1 Å². The van der Waals surface area contributed by atoms with E-state index in [1.165, 1.54) is 0 Å². The number of nitrogens with one attached hydrogen (secondary N) is 1. The zero-order valence-corrected chi connectivity index (χ0v) is 17.3. The first-order chi connectivity index (χ1) is 14.5. The van der Waals surface area contributed by atoms with E-state index in [9.17, 15) is 9.59 Å². The summed E-state index contributed by atoms with van der Waals surface area (Å²) >= 11 is 0. The first kappa shape index (κ1) is 19.4. The predicted octanol–water partition coefficient (Wildman–Crippen LogP) is 2.34. The molecule has 3 atom stereocenters. The van der Waals surface area contributed by atoms with Crippen molar-refractivity contribution in [3.05, 3.63) is 36.3 Å². The summed E-state index contributed by atoms with van der Waals surface area (Å²) in [5.74, 6) is 0.975. The minimum absolute atomic E-state index is 0.0106. The molecule has 3 fully saturated rings. The fraction of sp³-hybridized carbons (Fsp3) is 0.591. The van der Waals surface area contributed by atoms with Gasteiger partial charge in [-0.15, -0.1) is 0 Å². The van der Waals surface area contributed by atoms with Gasteiger partial charge in [0.25, 0.3) is 5.91 Å². The van der Waals surface area contributed by atoms with Crippen molar-refractivity contribution >= 4 is 17.6 Å². The molecule has 2 aromatic heterocycles. The van der Waals surface area contributed by atoms with Gasteiger partial charge in [0.05, 0.1) is 18.8 Å². The molecule has 0 bridgehead atoms. The summed E-state index contributed by atoms with van der Waals surface area (Å²) in [6, 6.07) is 3.64. The van der Waals surface area contributed by atoms with Crippen molar-refractivity contribution < 1.29 is 19.1 Å². The lowest BCUT2D eigenvalue weighted by atomic mass is 10.1. The van der Waals surface area contributed by atoms with E-state index in [0.29, 0.717) is 37.2 Å². The van der Waals surface area contributed by atoms with Gasteiger partial charge in [-0.3, -0.25) is 4.79 Å². The topological polar surface area (TPSA) is 85.2 Å². The molecule has 160 valence electrons. The number of imidazole rings is 1. The Morgan fingerprint density at radius 3 is 2.93 bits per heavy atom. The summed E-state index contributed by atoms with van der Waals surface area (Å²) in [7, 11) is 0. The maximum atomic E-state index is 12.5. The lowest BCUT2D eigenvalue weighted by molar-refractivity contribution is -0.0100. The minimum Gasteiger partial charge on any atom is -0.446 e. The molecule has 3 aliphatic rings. The molecule has 0 radical (unpaired) electrons. The largest absolute Gasteiger partial charge is 0.446 e. The zero-order chi connectivity index (χ0) is 20.7. The fourth-order valence-electron chi connectivity index (χ4n) is 5.23. The van der Waals surface area contributed by atoms with Gasteiger partial charge in [-0.25, -0.2) is 9.78 Å². The number of nitrogens with zero attached hydrogens (tertiary/aromatic N) is 3. The van der Waals surface area contributed by atoms with Gasteiger partial charge in [-0.1, -0.05) is 6.92 Å². The summed E-state index contributed by atoms with van der Waals surface area (Å²) in [4.78, 5) is 31.0. The van der Waals surface area contributed by atoms with Gasteiger partial charge >= 0.3 is 6.09 Å². The SMILES string of the molecule is CC12CN(C(=O)OC3CCOCC3)C[C@H]1[C@@H]2CCNC(=O)c1ccc2nccn2c1. The number of carbonyl (C=O) groups excluding carboxylic acids is 2. The summed E-state index contributed by atoms with van der Waals surface area (Å²) in [6.45, 7) is 5.73. The van der Waals surface area contributed by atoms with Crippen LogP contribution >= 0.6 is 0 Å². The van der Waals surface area contributed by atoms with Gasteiger partial charge in [0.2, 0.25) is 0 Å². The van der Waals surface area contributed by atoms with Crippen LogP contribution in [0.25, 0.3) is 5.65 Å². The molecule has 2 saturated heterocycles. The van der Waals surface area contributed by atoms with Gasteiger partial charge in [0.15, 0.2) is 0 Å². The Kier molecular flexibility index (Phi) is 4.89. The van der Waals surface area contributed by atoms with Crippen LogP contribution in [0.3, 0.4) is 0 Å². The third-order valence-corrected chi connectivity index (χ3v) is 7.11. The van der Waals surface area contributed by atoms with Gasteiger partial charge in [-0.05, 0) is 35.8 Å². The van der Waals surface area contributed by atoms with E-state index in [2.05, 4.69) is 17.2 Å². The van der Waals surface area contributed by atoms with E-state index >= 15 is 0 Å². The highest BCUT2D eigenvalue weighted by atomic mass is 16.6. The van der Waals surface area contributed by atoms with Crippen LogP contribution in [-0.2, 0) is 9.47 Å². The Balaban J connectivity index is 1.07. The molecule has 2 amide bonds. The number of ether oxygens (including phenoxy) is 2. The van der Waals surface area contributed by atoms with Gasteiger partial charge < -0.3 is 24.1 Å². The maximum absolute atomic E-state index is 12.5. The molecule has 2 aromatic rings. The highest BCUT2D eigenvalue weighted by Gasteiger charge is 2.66. The smallest absolute Gasteiger partial charge is 0.410 e. The van der Waals surface area contributed by atoms with Crippen LogP contribution in [0.2, 0.25) is 0 Å². The number of aromatic nitrogens is 2. The number of pyridine rings is 1. The molecule has 30 heavy (non-hydrogen) atoms. The normalized spacial score (nSPS) is 28.4. The lowest BCUT2D eigenvalue weighted by Gasteiger charge is -2.27. The van der Waals surface area contributed by atoms with E-state index in [-0.39, 0.29) is 23.5 Å². The number of rotatable bonds is 5. The van der Waals surface area contributed by atoms with Crippen LogP contribution in [-0.4, -0.2) is 65.2 Å². The first-order valence-electron chi connectivity index (χ1n) is 10.8. The molecule has 4 heterocycles. The van der Waals surface area contributed by atoms with Crippen LogP contribution in [0.15, 0.2) is 30.7 Å². The molecule has 1 saturated carbocycles. The Labute approximate surface area is 175 Å². The third kappa shape index (κ3) is 3.53. The second-order valence-electron chi connectivity index (χ2n) is 8.95. The van der Waals surface area contributed by atoms with E-state index in [1.54, 1.807) is 18.5 Å². The summed E-state index contributed by atoms with van der Waals surface area (Å²) < 4.78 is 12.8. The van der Waals surface area contributed by atoms with Crippen LogP contribution in [0.4, 0.5) is 4.79 Å². The number of hydrogen-bond acceptors (Lipinski definition) is 5. The number of fused-ring (bicyclic) bond motifs is 2. The molecule has 2 aliphatic heterocycles. The standard InChI is InChI=1S/C22H28N4O4/c1-22-14-26(21(28)30-16-5-10-29-11-6-16)13-18(22)17(22)4-7-24-20(27)15-2-3-19-23-8-9-25(19)12-15/h2-3,8-9,12,16-18H,4-7,10-11,13-14H2,1H3,(H,24,27)/t17-,18-,22?/m0/s1. The summed E-state index contributed by atoms with van der Waals surface area (Å²) in [5.41, 5.74) is 1.60. The Morgan fingerprint density at radius 1 is 1.33 bits per heavy atom. The molecule has 0 aromatic carbocycles. The molecule has 1 N–H and O–H groups in total. The van der Waals surface area contributed by atoms with Crippen molar-refractivity contribution in [2.24, 2.45) is 17.3 Å². The Hall–Kier alpha value is -2.61. The van der Waals surface area contributed by atoms with Crippen molar-refractivity contribution in [1.29, 1.82) is 0 Å². The molecule has 8 nitrogen and oxygen atoms in total. The fourth-order valence-corrected chi connectivity index (χ4v) is 5.23. The second-order valence-corrected chi connectivity index (χ2v) is 8.95. The second kappa shape index (κ2) is 7.58. The maximum Gasteiger partial charge on any atom is 0.410 e. The van der Waals surface area contributed by atoms with Crippen molar-refractivity contribution in [1.82, 2.24) is 19.6 Å². The van der Waals surface area contributed by atoms with Gasteiger partial charge in [0.1, 0.15) is 11.8 Å². The lowest BCUT2D eigenvalue weighted by Crippen LogP contribution is -2.37.